The third kappa shape index (κ3) is 2.82. The van der Waals surface area contributed by atoms with Crippen LogP contribution in [0.2, 0.25) is 0 Å². The Morgan fingerprint density at radius 3 is 2.86 bits per heavy atom. The number of carbonyl (C=O) groups excluding carboxylic acids is 1. The van der Waals surface area contributed by atoms with Gasteiger partial charge in [0, 0.05) is 8.95 Å². The zero-order valence-electron chi connectivity index (χ0n) is 7.05. The number of carbonyl (C=O) groups is 1. The number of amides is 1. The zero-order valence-corrected chi connectivity index (χ0v) is 10.2. The van der Waals surface area contributed by atoms with Gasteiger partial charge in [0.1, 0.15) is 6.54 Å². The van der Waals surface area contributed by atoms with E-state index in [2.05, 4.69) is 37.2 Å². The number of nitrogens with one attached hydrogen (secondary N) is 1. The summed E-state index contributed by atoms with van der Waals surface area (Å²) >= 11 is 6.53. The molecule has 0 aliphatic carbocycles. The molecule has 0 saturated heterocycles. The minimum absolute atomic E-state index is 0.0117. The summed E-state index contributed by atoms with van der Waals surface area (Å²) in [5.41, 5.74) is 0.509. The van der Waals surface area contributed by atoms with Crippen molar-refractivity contribution < 1.29 is 4.79 Å². The smallest absolute Gasteiger partial charge is 0.253 e. The lowest BCUT2D eigenvalue weighted by molar-refractivity contribution is 0.0957. The topological polar surface area (TPSA) is 52.9 Å². The van der Waals surface area contributed by atoms with Crippen LogP contribution in [0.15, 0.2) is 27.1 Å². The molecule has 0 bridgehead atoms. The SMILES string of the molecule is N#CCNC(=O)c1cc(Br)ccc1Br. The van der Waals surface area contributed by atoms with Gasteiger partial charge in [-0.05, 0) is 34.1 Å². The summed E-state index contributed by atoms with van der Waals surface area (Å²) < 4.78 is 1.53. The van der Waals surface area contributed by atoms with Crippen molar-refractivity contribution in [3.63, 3.8) is 0 Å². The van der Waals surface area contributed by atoms with Gasteiger partial charge in [0.15, 0.2) is 0 Å². The number of nitriles is 1. The second kappa shape index (κ2) is 5.13. The van der Waals surface area contributed by atoms with Crippen molar-refractivity contribution >= 4 is 37.8 Å². The van der Waals surface area contributed by atoms with Gasteiger partial charge in [-0.3, -0.25) is 4.79 Å². The van der Waals surface area contributed by atoms with Crippen LogP contribution in [0.1, 0.15) is 10.4 Å². The van der Waals surface area contributed by atoms with Crippen LogP contribution in [0, 0.1) is 11.3 Å². The lowest BCUT2D eigenvalue weighted by atomic mass is 10.2. The van der Waals surface area contributed by atoms with Gasteiger partial charge >= 0.3 is 0 Å². The van der Waals surface area contributed by atoms with Crippen molar-refractivity contribution in [2.24, 2.45) is 0 Å². The molecule has 1 N–H and O–H groups in total. The fraction of sp³-hybridized carbons (Fsp3) is 0.111. The molecule has 0 radical (unpaired) electrons. The van der Waals surface area contributed by atoms with Gasteiger partial charge in [0.25, 0.3) is 5.91 Å². The van der Waals surface area contributed by atoms with Gasteiger partial charge in [-0.25, -0.2) is 0 Å². The molecule has 0 spiro atoms. The van der Waals surface area contributed by atoms with Gasteiger partial charge in [0.05, 0.1) is 11.6 Å². The molecule has 1 aromatic rings. The number of hydrogen-bond acceptors (Lipinski definition) is 2. The van der Waals surface area contributed by atoms with Crippen molar-refractivity contribution in [2.75, 3.05) is 6.54 Å². The molecular weight excluding hydrogens is 312 g/mol. The maximum absolute atomic E-state index is 11.5. The first-order chi connectivity index (χ1) is 6.65. The van der Waals surface area contributed by atoms with Crippen molar-refractivity contribution in [1.29, 1.82) is 5.26 Å². The van der Waals surface area contributed by atoms with Crippen LogP contribution in [0.4, 0.5) is 0 Å². The molecular formula is C9H6Br2N2O. The predicted molar refractivity (Wildman–Crippen MR) is 59.8 cm³/mol. The van der Waals surface area contributed by atoms with Crippen LogP contribution in [0.3, 0.4) is 0 Å². The summed E-state index contributed by atoms with van der Waals surface area (Å²) in [7, 11) is 0. The lowest BCUT2D eigenvalue weighted by Gasteiger charge is -2.03. The van der Waals surface area contributed by atoms with Gasteiger partial charge in [-0.15, -0.1) is 0 Å². The van der Waals surface area contributed by atoms with E-state index in [1.165, 1.54) is 0 Å². The summed E-state index contributed by atoms with van der Waals surface area (Å²) in [4.78, 5) is 11.5. The Morgan fingerprint density at radius 2 is 2.21 bits per heavy atom. The Morgan fingerprint density at radius 1 is 1.50 bits per heavy atom. The number of nitrogens with zero attached hydrogens (tertiary/aromatic N) is 1. The molecule has 1 aromatic carbocycles. The second-order valence-electron chi connectivity index (χ2n) is 2.46. The highest BCUT2D eigenvalue weighted by Crippen LogP contribution is 2.21. The second-order valence-corrected chi connectivity index (χ2v) is 4.23. The minimum atomic E-state index is -0.264. The van der Waals surface area contributed by atoms with Crippen LogP contribution in [-0.4, -0.2) is 12.5 Å². The largest absolute Gasteiger partial charge is 0.339 e. The van der Waals surface area contributed by atoms with E-state index in [-0.39, 0.29) is 12.5 Å². The van der Waals surface area contributed by atoms with E-state index in [0.29, 0.717) is 10.0 Å². The zero-order chi connectivity index (χ0) is 10.6. The predicted octanol–water partition coefficient (Wildman–Crippen LogP) is 2.46. The molecule has 5 heteroatoms. The van der Waals surface area contributed by atoms with Gasteiger partial charge in [-0.1, -0.05) is 15.9 Å². The van der Waals surface area contributed by atoms with Gasteiger partial charge in [-0.2, -0.15) is 5.26 Å². The Hall–Kier alpha value is -0.860. The van der Waals surface area contributed by atoms with E-state index in [1.54, 1.807) is 12.1 Å². The van der Waals surface area contributed by atoms with Crippen LogP contribution < -0.4 is 5.32 Å². The molecule has 0 aliphatic heterocycles. The average molecular weight is 318 g/mol. The van der Waals surface area contributed by atoms with E-state index < -0.39 is 0 Å². The molecule has 3 nitrogen and oxygen atoms in total. The third-order valence-corrected chi connectivity index (χ3v) is 2.69. The number of rotatable bonds is 2. The molecule has 1 rings (SSSR count). The molecule has 14 heavy (non-hydrogen) atoms. The van der Waals surface area contributed by atoms with Crippen LogP contribution in [-0.2, 0) is 0 Å². The maximum Gasteiger partial charge on any atom is 0.253 e. The average Bonchev–Trinajstić information content (AvgIpc) is 2.18. The first-order valence-corrected chi connectivity index (χ1v) is 5.34. The number of benzene rings is 1. The van der Waals surface area contributed by atoms with Crippen LogP contribution in [0.25, 0.3) is 0 Å². The molecule has 0 saturated carbocycles. The normalized spacial score (nSPS) is 9.21. The lowest BCUT2D eigenvalue weighted by Crippen LogP contribution is -2.23. The van der Waals surface area contributed by atoms with Crippen molar-refractivity contribution in [3.8, 4) is 6.07 Å². The number of hydrogen-bond donors (Lipinski definition) is 1. The Kier molecular flexibility index (Phi) is 4.11. The molecule has 0 aromatic heterocycles. The Labute approximate surface area is 98.4 Å². The summed E-state index contributed by atoms with van der Waals surface area (Å²) in [6.07, 6.45) is 0. The molecule has 0 unspecified atom stereocenters. The van der Waals surface area contributed by atoms with E-state index >= 15 is 0 Å². The molecule has 72 valence electrons. The van der Waals surface area contributed by atoms with E-state index in [9.17, 15) is 4.79 Å². The van der Waals surface area contributed by atoms with Crippen molar-refractivity contribution in [3.05, 3.63) is 32.7 Å². The highest BCUT2D eigenvalue weighted by molar-refractivity contribution is 9.11. The summed E-state index contributed by atoms with van der Waals surface area (Å²) in [5.74, 6) is -0.264. The quantitative estimate of drug-likeness (QED) is 0.852. The Balaban J connectivity index is 2.90. The standard InChI is InChI=1S/C9H6Br2N2O/c10-6-1-2-8(11)7(5-6)9(14)13-4-3-12/h1-2,5H,4H2,(H,13,14). The minimum Gasteiger partial charge on any atom is -0.339 e. The van der Waals surface area contributed by atoms with Crippen molar-refractivity contribution in [2.45, 2.75) is 0 Å². The fourth-order valence-corrected chi connectivity index (χ4v) is 1.67. The molecule has 0 aliphatic rings. The van der Waals surface area contributed by atoms with E-state index in [1.807, 2.05) is 12.1 Å². The Bertz CT molecular complexity index is 398. The van der Waals surface area contributed by atoms with Gasteiger partial charge < -0.3 is 5.32 Å². The first-order valence-electron chi connectivity index (χ1n) is 3.75. The highest BCUT2D eigenvalue weighted by atomic mass is 79.9. The van der Waals surface area contributed by atoms with Crippen LogP contribution >= 0.6 is 31.9 Å². The molecule has 0 atom stereocenters. The molecule has 0 heterocycles. The molecule has 0 fully saturated rings. The van der Waals surface area contributed by atoms with Crippen LogP contribution in [0.5, 0.6) is 0 Å². The maximum atomic E-state index is 11.5. The monoisotopic (exact) mass is 316 g/mol. The number of halogens is 2. The summed E-state index contributed by atoms with van der Waals surface area (Å²) in [6.45, 7) is 0.0117. The summed E-state index contributed by atoms with van der Waals surface area (Å²) in [5, 5.41) is 10.8. The third-order valence-electron chi connectivity index (χ3n) is 1.50. The highest BCUT2D eigenvalue weighted by Gasteiger charge is 2.09. The molecule has 1 amide bonds. The first kappa shape index (κ1) is 11.2. The fourth-order valence-electron chi connectivity index (χ4n) is 0.887. The van der Waals surface area contributed by atoms with E-state index in [4.69, 9.17) is 5.26 Å². The van der Waals surface area contributed by atoms with E-state index in [0.717, 1.165) is 4.47 Å². The van der Waals surface area contributed by atoms with Crippen molar-refractivity contribution in [1.82, 2.24) is 5.32 Å². The summed E-state index contributed by atoms with van der Waals surface area (Å²) in [6, 6.07) is 7.13. The van der Waals surface area contributed by atoms with Gasteiger partial charge in [0.2, 0.25) is 0 Å².